The molecule has 0 aromatic heterocycles. The summed E-state index contributed by atoms with van der Waals surface area (Å²) in [5, 5.41) is 11.8. The van der Waals surface area contributed by atoms with E-state index in [4.69, 9.17) is 19.3 Å². The van der Waals surface area contributed by atoms with E-state index in [1.807, 2.05) is 0 Å². The van der Waals surface area contributed by atoms with Gasteiger partial charge in [-0.1, -0.05) is 0 Å². The number of amides is 1. The largest absolute Gasteiger partial charge is 0.493 e. The lowest BCUT2D eigenvalue weighted by atomic mass is 9.98. The molecule has 1 amide bonds. The van der Waals surface area contributed by atoms with Crippen LogP contribution in [0.3, 0.4) is 0 Å². The molecule has 26 heavy (non-hydrogen) atoms. The lowest BCUT2D eigenvalue weighted by Gasteiger charge is -2.28. The fourth-order valence-corrected chi connectivity index (χ4v) is 3.22. The summed E-state index contributed by atoms with van der Waals surface area (Å²) >= 11 is 0. The molecule has 2 N–H and O–H groups in total. The molecule has 7 heteroatoms. The minimum atomic E-state index is -1.01. The first-order valence-electron chi connectivity index (χ1n) is 8.75. The number of ether oxygens (including phenoxy) is 3. The zero-order valence-electron chi connectivity index (χ0n) is 15.5. The molecule has 1 saturated carbocycles. The Balaban J connectivity index is 2.13. The standard InChI is InChI=1S/C19H27NO6/c1-19(12-24-2,11-17(21)22)20-18(23)13-8-9-15(16(10-13)25-3)26-14-6-4-5-7-14/h8-10,14H,4-7,11-12H2,1-3H3,(H,20,23)(H,21,22). The highest BCUT2D eigenvalue weighted by atomic mass is 16.5. The fourth-order valence-electron chi connectivity index (χ4n) is 3.22. The summed E-state index contributed by atoms with van der Waals surface area (Å²) in [4.78, 5) is 23.7. The molecule has 7 nitrogen and oxygen atoms in total. The Morgan fingerprint density at radius 3 is 2.50 bits per heavy atom. The van der Waals surface area contributed by atoms with Crippen molar-refractivity contribution in [2.24, 2.45) is 0 Å². The number of benzene rings is 1. The average Bonchev–Trinajstić information content (AvgIpc) is 3.07. The topological polar surface area (TPSA) is 94.1 Å². The first kappa shape index (κ1) is 20.0. The van der Waals surface area contributed by atoms with Crippen LogP contribution in [0.2, 0.25) is 0 Å². The van der Waals surface area contributed by atoms with Gasteiger partial charge in [-0.25, -0.2) is 0 Å². The highest BCUT2D eigenvalue weighted by Crippen LogP contribution is 2.32. The van der Waals surface area contributed by atoms with Crippen LogP contribution in [0.5, 0.6) is 11.5 Å². The van der Waals surface area contributed by atoms with Crippen molar-refractivity contribution in [2.75, 3.05) is 20.8 Å². The highest BCUT2D eigenvalue weighted by Gasteiger charge is 2.30. The van der Waals surface area contributed by atoms with Gasteiger partial charge in [0.05, 0.1) is 31.8 Å². The third-order valence-electron chi connectivity index (χ3n) is 4.44. The maximum Gasteiger partial charge on any atom is 0.305 e. The first-order valence-corrected chi connectivity index (χ1v) is 8.75. The molecule has 1 atom stereocenters. The van der Waals surface area contributed by atoms with Crippen molar-refractivity contribution in [3.63, 3.8) is 0 Å². The van der Waals surface area contributed by atoms with E-state index in [9.17, 15) is 9.59 Å². The number of carboxylic acid groups (broad SMARTS) is 1. The second-order valence-corrected chi connectivity index (χ2v) is 6.91. The van der Waals surface area contributed by atoms with Crippen LogP contribution in [0, 0.1) is 0 Å². The van der Waals surface area contributed by atoms with Crippen LogP contribution in [0.4, 0.5) is 0 Å². The van der Waals surface area contributed by atoms with Crippen molar-refractivity contribution in [2.45, 2.75) is 50.7 Å². The molecule has 0 radical (unpaired) electrons. The van der Waals surface area contributed by atoms with Gasteiger partial charge < -0.3 is 24.6 Å². The molecule has 0 aliphatic heterocycles. The third-order valence-corrected chi connectivity index (χ3v) is 4.44. The van der Waals surface area contributed by atoms with Gasteiger partial charge in [-0.3, -0.25) is 9.59 Å². The zero-order valence-corrected chi connectivity index (χ0v) is 15.5. The summed E-state index contributed by atoms with van der Waals surface area (Å²) in [6, 6.07) is 4.97. The molecule has 1 aromatic rings. The Labute approximate surface area is 153 Å². The lowest BCUT2D eigenvalue weighted by molar-refractivity contribution is -0.139. The van der Waals surface area contributed by atoms with E-state index in [-0.39, 0.29) is 19.1 Å². The molecule has 0 bridgehead atoms. The van der Waals surface area contributed by atoms with Gasteiger partial charge in [0, 0.05) is 12.7 Å². The van der Waals surface area contributed by atoms with Crippen molar-refractivity contribution in [1.82, 2.24) is 5.32 Å². The maximum atomic E-state index is 12.6. The van der Waals surface area contributed by atoms with Crippen LogP contribution in [0.1, 0.15) is 49.4 Å². The van der Waals surface area contributed by atoms with E-state index in [1.165, 1.54) is 14.2 Å². The van der Waals surface area contributed by atoms with E-state index in [0.29, 0.717) is 17.1 Å². The number of rotatable bonds is 9. The normalized spacial score (nSPS) is 16.7. The van der Waals surface area contributed by atoms with Gasteiger partial charge in [-0.2, -0.15) is 0 Å². The molecule has 0 saturated heterocycles. The molecule has 0 spiro atoms. The number of methoxy groups -OCH3 is 2. The monoisotopic (exact) mass is 365 g/mol. The second kappa shape index (κ2) is 8.89. The molecule has 144 valence electrons. The van der Waals surface area contributed by atoms with Crippen molar-refractivity contribution >= 4 is 11.9 Å². The first-order chi connectivity index (χ1) is 12.4. The smallest absolute Gasteiger partial charge is 0.305 e. The van der Waals surface area contributed by atoms with Crippen LogP contribution >= 0.6 is 0 Å². The molecule has 1 unspecified atom stereocenters. The molecule has 1 aliphatic carbocycles. The van der Waals surface area contributed by atoms with Crippen molar-refractivity contribution in [3.05, 3.63) is 23.8 Å². The predicted molar refractivity (Wildman–Crippen MR) is 95.9 cm³/mol. The number of carbonyl (C=O) groups excluding carboxylic acids is 1. The maximum absolute atomic E-state index is 12.6. The van der Waals surface area contributed by atoms with Gasteiger partial charge in [-0.05, 0) is 50.8 Å². The van der Waals surface area contributed by atoms with E-state index >= 15 is 0 Å². The molecular weight excluding hydrogens is 338 g/mol. The van der Waals surface area contributed by atoms with E-state index < -0.39 is 17.4 Å². The van der Waals surface area contributed by atoms with Gasteiger partial charge >= 0.3 is 5.97 Å². The Bertz CT molecular complexity index is 641. The summed E-state index contributed by atoms with van der Waals surface area (Å²) in [7, 11) is 2.99. The van der Waals surface area contributed by atoms with Gasteiger partial charge in [0.25, 0.3) is 5.91 Å². The number of carboxylic acids is 1. The summed E-state index contributed by atoms with van der Waals surface area (Å²) in [5.41, 5.74) is -0.641. The highest BCUT2D eigenvalue weighted by molar-refractivity contribution is 5.95. The number of aliphatic carboxylic acids is 1. The Morgan fingerprint density at radius 2 is 1.92 bits per heavy atom. The van der Waals surface area contributed by atoms with Crippen LogP contribution in [-0.4, -0.2) is 49.5 Å². The van der Waals surface area contributed by atoms with Crippen molar-refractivity contribution in [1.29, 1.82) is 0 Å². The van der Waals surface area contributed by atoms with Gasteiger partial charge in [-0.15, -0.1) is 0 Å². The Morgan fingerprint density at radius 1 is 1.23 bits per heavy atom. The van der Waals surface area contributed by atoms with E-state index in [1.54, 1.807) is 25.1 Å². The molecule has 2 rings (SSSR count). The number of hydrogen-bond donors (Lipinski definition) is 2. The van der Waals surface area contributed by atoms with Gasteiger partial charge in [0.2, 0.25) is 0 Å². The lowest BCUT2D eigenvalue weighted by Crippen LogP contribution is -2.50. The summed E-state index contributed by atoms with van der Waals surface area (Å²) in [6.45, 7) is 1.72. The minimum Gasteiger partial charge on any atom is -0.493 e. The SMILES string of the molecule is COCC(C)(CC(=O)O)NC(=O)c1ccc(OC2CCCC2)c(OC)c1. The number of hydrogen-bond acceptors (Lipinski definition) is 5. The Hall–Kier alpha value is -2.28. The summed E-state index contributed by atoms with van der Waals surface area (Å²) < 4.78 is 16.4. The number of carbonyl (C=O) groups is 2. The number of nitrogens with one attached hydrogen (secondary N) is 1. The predicted octanol–water partition coefficient (Wildman–Crippen LogP) is 2.63. The third kappa shape index (κ3) is 5.36. The molecular formula is C19H27NO6. The zero-order chi connectivity index (χ0) is 19.2. The Kier molecular flexibility index (Phi) is 6.85. The van der Waals surface area contributed by atoms with Gasteiger partial charge in [0.15, 0.2) is 11.5 Å². The quantitative estimate of drug-likeness (QED) is 0.699. The summed E-state index contributed by atoms with van der Waals surface area (Å²) in [6.07, 6.45) is 4.31. The van der Waals surface area contributed by atoms with E-state index in [0.717, 1.165) is 25.7 Å². The van der Waals surface area contributed by atoms with Crippen molar-refractivity contribution in [3.8, 4) is 11.5 Å². The van der Waals surface area contributed by atoms with Crippen LogP contribution < -0.4 is 14.8 Å². The molecule has 1 aromatic carbocycles. The molecule has 1 fully saturated rings. The summed E-state index contributed by atoms with van der Waals surface area (Å²) in [5.74, 6) is -0.309. The second-order valence-electron chi connectivity index (χ2n) is 6.91. The molecule has 0 heterocycles. The van der Waals surface area contributed by atoms with Crippen LogP contribution in [0.25, 0.3) is 0 Å². The van der Waals surface area contributed by atoms with E-state index in [2.05, 4.69) is 5.32 Å². The molecule has 1 aliphatic rings. The van der Waals surface area contributed by atoms with Gasteiger partial charge in [0.1, 0.15) is 0 Å². The fraction of sp³-hybridized carbons (Fsp3) is 0.579. The minimum absolute atomic E-state index is 0.0883. The van der Waals surface area contributed by atoms with Crippen molar-refractivity contribution < 1.29 is 28.9 Å². The van der Waals surface area contributed by atoms with Crippen LogP contribution in [0.15, 0.2) is 18.2 Å². The van der Waals surface area contributed by atoms with Crippen LogP contribution in [-0.2, 0) is 9.53 Å². The average molecular weight is 365 g/mol.